The number of Topliss-reactive ketones (excluding diaryl/α,β-unsaturated/α-hetero) is 1. The van der Waals surface area contributed by atoms with Crippen molar-refractivity contribution in [3.8, 4) is 5.75 Å². The minimum Gasteiger partial charge on any atom is -0.494 e. The molecule has 0 bridgehead atoms. The van der Waals surface area contributed by atoms with Crippen LogP contribution in [0.5, 0.6) is 5.75 Å². The monoisotopic (exact) mass is 290 g/mol. The Morgan fingerprint density at radius 2 is 1.95 bits per heavy atom. The van der Waals surface area contributed by atoms with Crippen molar-refractivity contribution < 1.29 is 9.53 Å². The van der Waals surface area contributed by atoms with Crippen LogP contribution in [0, 0.1) is 0 Å². The topological polar surface area (TPSA) is 32.8 Å². The van der Waals surface area contributed by atoms with Gasteiger partial charge in [0.15, 0.2) is 5.78 Å². The SMILES string of the molecule is CCCOc1ccc(C(=O)C2CN(C)CCCN2C)cc1. The number of ether oxygens (including phenoxy) is 1. The lowest BCUT2D eigenvalue weighted by Crippen LogP contribution is -2.43. The lowest BCUT2D eigenvalue weighted by molar-refractivity contribution is 0.0839. The van der Waals surface area contributed by atoms with Crippen LogP contribution >= 0.6 is 0 Å². The molecule has 4 nitrogen and oxygen atoms in total. The standard InChI is InChI=1S/C17H26N2O2/c1-4-12-21-15-8-6-14(7-9-15)17(20)16-13-18(2)10-5-11-19(16)3/h6-9,16H,4-5,10-13H2,1-3H3. The summed E-state index contributed by atoms with van der Waals surface area (Å²) in [7, 11) is 4.13. The summed E-state index contributed by atoms with van der Waals surface area (Å²) in [6.07, 6.45) is 2.10. The summed E-state index contributed by atoms with van der Waals surface area (Å²) in [6.45, 7) is 5.61. The maximum atomic E-state index is 12.7. The molecule has 1 unspecified atom stereocenters. The van der Waals surface area contributed by atoms with Gasteiger partial charge in [0.1, 0.15) is 5.75 Å². The number of nitrogens with zero attached hydrogens (tertiary/aromatic N) is 2. The Morgan fingerprint density at radius 1 is 1.24 bits per heavy atom. The fraction of sp³-hybridized carbons (Fsp3) is 0.588. The highest BCUT2D eigenvalue weighted by Gasteiger charge is 2.27. The zero-order valence-electron chi connectivity index (χ0n) is 13.3. The predicted molar refractivity (Wildman–Crippen MR) is 85.1 cm³/mol. The number of hydrogen-bond acceptors (Lipinski definition) is 4. The highest BCUT2D eigenvalue weighted by atomic mass is 16.5. The Hall–Kier alpha value is -1.39. The molecule has 2 rings (SSSR count). The Labute approximate surface area is 127 Å². The molecule has 116 valence electrons. The van der Waals surface area contributed by atoms with Crippen LogP contribution in [0.15, 0.2) is 24.3 Å². The van der Waals surface area contributed by atoms with Gasteiger partial charge in [-0.1, -0.05) is 6.92 Å². The molecular formula is C17H26N2O2. The summed E-state index contributed by atoms with van der Waals surface area (Å²) >= 11 is 0. The van der Waals surface area contributed by atoms with Crippen LogP contribution in [-0.2, 0) is 0 Å². The first-order valence-corrected chi connectivity index (χ1v) is 7.77. The van der Waals surface area contributed by atoms with E-state index in [2.05, 4.69) is 23.8 Å². The molecule has 0 aromatic heterocycles. The van der Waals surface area contributed by atoms with Crippen molar-refractivity contribution in [1.29, 1.82) is 0 Å². The third-order valence-corrected chi connectivity index (χ3v) is 3.98. The third kappa shape index (κ3) is 4.29. The fourth-order valence-electron chi connectivity index (χ4n) is 2.68. The van der Waals surface area contributed by atoms with E-state index < -0.39 is 0 Å². The number of benzene rings is 1. The van der Waals surface area contributed by atoms with E-state index in [0.29, 0.717) is 6.61 Å². The zero-order valence-corrected chi connectivity index (χ0v) is 13.3. The van der Waals surface area contributed by atoms with Gasteiger partial charge in [-0.25, -0.2) is 0 Å². The molecule has 1 fully saturated rings. The molecule has 1 saturated heterocycles. The van der Waals surface area contributed by atoms with Crippen molar-refractivity contribution >= 4 is 5.78 Å². The van der Waals surface area contributed by atoms with Crippen LogP contribution in [0.1, 0.15) is 30.1 Å². The smallest absolute Gasteiger partial charge is 0.181 e. The summed E-state index contributed by atoms with van der Waals surface area (Å²) < 4.78 is 5.56. The van der Waals surface area contributed by atoms with Crippen molar-refractivity contribution in [3.05, 3.63) is 29.8 Å². The first-order chi connectivity index (χ1) is 10.1. The average Bonchev–Trinajstić information content (AvgIpc) is 2.66. The van der Waals surface area contributed by atoms with E-state index in [1.165, 1.54) is 0 Å². The second-order valence-corrected chi connectivity index (χ2v) is 5.85. The van der Waals surface area contributed by atoms with E-state index >= 15 is 0 Å². The van der Waals surface area contributed by atoms with Crippen LogP contribution in [0.2, 0.25) is 0 Å². The number of likely N-dealkylation sites (N-methyl/N-ethyl adjacent to an activating group) is 2. The molecule has 0 amide bonds. The van der Waals surface area contributed by atoms with Gasteiger partial charge in [0.25, 0.3) is 0 Å². The van der Waals surface area contributed by atoms with Gasteiger partial charge in [-0.05, 0) is 64.3 Å². The van der Waals surface area contributed by atoms with E-state index in [1.54, 1.807) is 0 Å². The predicted octanol–water partition coefficient (Wildman–Crippen LogP) is 2.29. The molecule has 0 aliphatic carbocycles. The summed E-state index contributed by atoms with van der Waals surface area (Å²) in [6, 6.07) is 7.49. The average molecular weight is 290 g/mol. The fourth-order valence-corrected chi connectivity index (χ4v) is 2.68. The van der Waals surface area contributed by atoms with Gasteiger partial charge in [0.05, 0.1) is 12.6 Å². The minimum absolute atomic E-state index is 0.0556. The van der Waals surface area contributed by atoms with E-state index in [9.17, 15) is 4.79 Å². The molecule has 1 aromatic carbocycles. The molecule has 1 aliphatic heterocycles. The number of carbonyl (C=O) groups excluding carboxylic acids is 1. The Bertz CT molecular complexity index is 458. The maximum Gasteiger partial charge on any atom is 0.181 e. The number of hydrogen-bond donors (Lipinski definition) is 0. The Kier molecular flexibility index (Phi) is 5.76. The molecule has 0 spiro atoms. The second-order valence-electron chi connectivity index (χ2n) is 5.85. The number of rotatable bonds is 5. The van der Waals surface area contributed by atoms with Crippen molar-refractivity contribution in [2.24, 2.45) is 0 Å². The number of carbonyl (C=O) groups is 1. The number of ketones is 1. The van der Waals surface area contributed by atoms with Crippen LogP contribution in [0.3, 0.4) is 0 Å². The summed E-state index contributed by atoms with van der Waals surface area (Å²) in [5.74, 6) is 1.04. The first kappa shape index (κ1) is 16.0. The van der Waals surface area contributed by atoms with Gasteiger partial charge in [-0.3, -0.25) is 9.69 Å². The quantitative estimate of drug-likeness (QED) is 0.779. The van der Waals surface area contributed by atoms with Crippen LogP contribution in [0.25, 0.3) is 0 Å². The lowest BCUT2D eigenvalue weighted by Gasteiger charge is -2.26. The molecule has 0 saturated carbocycles. The van der Waals surface area contributed by atoms with Gasteiger partial charge in [-0.2, -0.15) is 0 Å². The summed E-state index contributed by atoms with van der Waals surface area (Å²) in [5.41, 5.74) is 0.769. The summed E-state index contributed by atoms with van der Waals surface area (Å²) in [4.78, 5) is 17.1. The molecule has 4 heteroatoms. The zero-order chi connectivity index (χ0) is 15.2. The van der Waals surface area contributed by atoms with Gasteiger partial charge < -0.3 is 9.64 Å². The van der Waals surface area contributed by atoms with Crippen molar-refractivity contribution in [3.63, 3.8) is 0 Å². The first-order valence-electron chi connectivity index (χ1n) is 7.77. The normalized spacial score (nSPS) is 21.0. The van der Waals surface area contributed by atoms with E-state index in [-0.39, 0.29) is 11.8 Å². The third-order valence-electron chi connectivity index (χ3n) is 3.98. The lowest BCUT2D eigenvalue weighted by atomic mass is 10.0. The van der Waals surface area contributed by atoms with Crippen molar-refractivity contribution in [2.45, 2.75) is 25.8 Å². The maximum absolute atomic E-state index is 12.7. The largest absolute Gasteiger partial charge is 0.494 e. The van der Waals surface area contributed by atoms with Crippen molar-refractivity contribution in [2.75, 3.05) is 40.3 Å². The Morgan fingerprint density at radius 3 is 2.62 bits per heavy atom. The molecule has 0 radical (unpaired) electrons. The molecule has 1 aromatic rings. The summed E-state index contributed by atoms with van der Waals surface area (Å²) in [5, 5.41) is 0. The highest BCUT2D eigenvalue weighted by molar-refractivity contribution is 6.00. The molecule has 0 N–H and O–H groups in total. The second kappa shape index (κ2) is 7.57. The van der Waals surface area contributed by atoms with Crippen molar-refractivity contribution in [1.82, 2.24) is 9.80 Å². The Balaban J connectivity index is 2.07. The van der Waals surface area contributed by atoms with Crippen LogP contribution in [-0.4, -0.2) is 62.0 Å². The van der Waals surface area contributed by atoms with Gasteiger partial charge in [0, 0.05) is 12.1 Å². The van der Waals surface area contributed by atoms with Gasteiger partial charge in [0.2, 0.25) is 0 Å². The molecule has 1 heterocycles. The molecular weight excluding hydrogens is 264 g/mol. The highest BCUT2D eigenvalue weighted by Crippen LogP contribution is 2.17. The van der Waals surface area contributed by atoms with Crippen LogP contribution < -0.4 is 4.74 Å². The molecule has 21 heavy (non-hydrogen) atoms. The minimum atomic E-state index is -0.0556. The van der Waals surface area contributed by atoms with E-state index in [0.717, 1.165) is 43.8 Å². The molecule has 1 aliphatic rings. The van der Waals surface area contributed by atoms with Gasteiger partial charge >= 0.3 is 0 Å². The van der Waals surface area contributed by atoms with E-state index in [4.69, 9.17) is 4.74 Å². The van der Waals surface area contributed by atoms with E-state index in [1.807, 2.05) is 31.3 Å². The van der Waals surface area contributed by atoms with Gasteiger partial charge in [-0.15, -0.1) is 0 Å². The van der Waals surface area contributed by atoms with Crippen LogP contribution in [0.4, 0.5) is 0 Å². The molecule has 1 atom stereocenters.